The second kappa shape index (κ2) is 2.17. The van der Waals surface area contributed by atoms with Gasteiger partial charge in [0.25, 0.3) is 0 Å². The van der Waals surface area contributed by atoms with Crippen molar-refractivity contribution in [1.82, 2.24) is 0 Å². The number of hydrogen-bond acceptors (Lipinski definition) is 2. The van der Waals surface area contributed by atoms with Crippen molar-refractivity contribution < 1.29 is 13.0 Å². The summed E-state index contributed by atoms with van der Waals surface area (Å²) in [5, 5.41) is 2.83. The molecule has 0 saturated heterocycles. The van der Waals surface area contributed by atoms with Crippen LogP contribution in [0.25, 0.3) is 0 Å². The second-order valence-electron chi connectivity index (χ2n) is 1.47. The Hall–Kier alpha value is -0.260. The van der Waals surface area contributed by atoms with E-state index in [9.17, 15) is 13.0 Å². The van der Waals surface area contributed by atoms with Crippen LogP contribution in [0.15, 0.2) is 23.0 Å². The van der Waals surface area contributed by atoms with E-state index in [4.69, 9.17) is 0 Å². The molecular weight excluding hydrogens is 160 g/mol. The minimum atomic E-state index is -4.06. The van der Waals surface area contributed by atoms with Crippen LogP contribution >= 0.6 is 9.93 Å². The molecule has 0 bridgehead atoms. The molecule has 0 saturated carbocycles. The van der Waals surface area contributed by atoms with Gasteiger partial charge in [0.05, 0.1) is 0 Å². The zero-order chi connectivity index (χ0) is 6.91. The van der Waals surface area contributed by atoms with Gasteiger partial charge in [0.1, 0.15) is 0 Å². The summed E-state index contributed by atoms with van der Waals surface area (Å²) in [5.41, 5.74) is 0. The summed E-state index contributed by atoms with van der Waals surface area (Å²) < 4.78 is 30.6. The fraction of sp³-hybridized carbons (Fsp3) is 0. The molecule has 1 radical (unpaired) electrons. The third kappa shape index (κ3) is 1.57. The lowest BCUT2D eigenvalue weighted by Crippen LogP contribution is -1.89. The van der Waals surface area contributed by atoms with Gasteiger partial charge in [-0.05, 0) is 10.8 Å². The van der Waals surface area contributed by atoms with E-state index in [-0.39, 0.29) is 0 Å². The molecule has 0 spiro atoms. The van der Waals surface area contributed by atoms with Gasteiger partial charge in [-0.25, -0.2) is 0 Å². The molecular formula is C4H5O3S2. The summed E-state index contributed by atoms with van der Waals surface area (Å²) in [4.78, 5) is 0. The van der Waals surface area contributed by atoms with Gasteiger partial charge in [-0.15, -0.1) is 0 Å². The van der Waals surface area contributed by atoms with Crippen LogP contribution in [-0.2, 0) is 13.7 Å². The zero-order valence-corrected chi connectivity index (χ0v) is 6.10. The summed E-state index contributed by atoms with van der Waals surface area (Å²) in [6.07, 6.45) is 3.14. The van der Waals surface area contributed by atoms with Gasteiger partial charge in [0, 0.05) is 0 Å². The Labute approximate surface area is 55.6 Å². The van der Waals surface area contributed by atoms with Crippen molar-refractivity contribution in [2.24, 2.45) is 0 Å². The fourth-order valence-electron chi connectivity index (χ4n) is 0.468. The van der Waals surface area contributed by atoms with Crippen LogP contribution in [-0.4, -0.2) is 8.42 Å². The first-order valence-corrected chi connectivity index (χ1v) is 5.69. The minimum absolute atomic E-state index is 1.41. The van der Waals surface area contributed by atoms with Crippen molar-refractivity contribution >= 4 is 19.1 Å². The molecule has 0 amide bonds. The Morgan fingerprint density at radius 2 is 1.56 bits per heavy atom. The van der Waals surface area contributed by atoms with Gasteiger partial charge in [-0.1, -0.05) is 26.6 Å². The van der Waals surface area contributed by atoms with Gasteiger partial charge >= 0.3 is 9.15 Å². The molecule has 1 aliphatic rings. The zero-order valence-electron chi connectivity index (χ0n) is 4.39. The van der Waals surface area contributed by atoms with E-state index in [1.165, 1.54) is 10.8 Å². The first-order chi connectivity index (χ1) is 4.11. The number of hydrogen-bond donors (Lipinski definition) is 1. The van der Waals surface area contributed by atoms with Crippen molar-refractivity contribution in [2.45, 2.75) is 0 Å². The molecule has 0 aromatic rings. The quantitative estimate of drug-likeness (QED) is 0.459. The predicted molar refractivity (Wildman–Crippen MR) is 36.9 cm³/mol. The second-order valence-corrected chi connectivity index (χ2v) is 6.25. The molecule has 3 nitrogen and oxygen atoms in total. The van der Waals surface area contributed by atoms with E-state index in [1.807, 2.05) is 0 Å². The van der Waals surface area contributed by atoms with E-state index in [0.29, 0.717) is 0 Å². The topological polar surface area (TPSA) is 54.0 Å². The normalized spacial score (nSPS) is 21.2. The maximum Gasteiger partial charge on any atom is 0.336 e. The molecule has 0 N–H and O–H groups in total. The minimum Gasteiger partial charge on any atom is -0.186 e. The lowest BCUT2D eigenvalue weighted by atomic mass is 10.6. The highest BCUT2D eigenvalue weighted by molar-refractivity contribution is 8.81. The number of rotatable bonds is 1. The maximum absolute atomic E-state index is 10.2. The van der Waals surface area contributed by atoms with Crippen LogP contribution in [0.5, 0.6) is 0 Å². The Kier molecular flexibility index (Phi) is 1.65. The number of allylic oxidation sites excluding steroid dienone is 2. The van der Waals surface area contributed by atoms with Gasteiger partial charge in [-0.3, -0.25) is 0 Å². The molecule has 1 heterocycles. The van der Waals surface area contributed by atoms with Gasteiger partial charge in [0.15, 0.2) is 0 Å². The molecule has 9 heavy (non-hydrogen) atoms. The summed E-state index contributed by atoms with van der Waals surface area (Å²) in [6, 6.07) is 0. The van der Waals surface area contributed by atoms with Crippen molar-refractivity contribution in [3.63, 3.8) is 0 Å². The van der Waals surface area contributed by atoms with E-state index >= 15 is 0 Å². The van der Waals surface area contributed by atoms with Crippen molar-refractivity contribution in [3.05, 3.63) is 23.0 Å². The Morgan fingerprint density at radius 3 is 1.78 bits per heavy atom. The molecule has 1 aliphatic heterocycles. The lowest BCUT2D eigenvalue weighted by Gasteiger charge is -1.99. The third-order valence-corrected chi connectivity index (χ3v) is 4.56. The van der Waals surface area contributed by atoms with Crippen molar-refractivity contribution in [2.75, 3.05) is 0 Å². The lowest BCUT2D eigenvalue weighted by molar-refractivity contribution is 0.432. The van der Waals surface area contributed by atoms with Crippen molar-refractivity contribution in [1.29, 1.82) is 0 Å². The molecule has 0 aromatic carbocycles. The van der Waals surface area contributed by atoms with Crippen LogP contribution in [0.3, 0.4) is 0 Å². The molecule has 0 unspecified atom stereocenters. The molecule has 0 atom stereocenters. The Balaban J connectivity index is 2.90. The number of thiol groups is 1. The first kappa shape index (κ1) is 6.85. The monoisotopic (exact) mass is 165 g/mol. The van der Waals surface area contributed by atoms with Gasteiger partial charge in [0.2, 0.25) is 0 Å². The summed E-state index contributed by atoms with van der Waals surface area (Å²) in [6.45, 7) is 0. The highest BCUT2D eigenvalue weighted by Gasteiger charge is 2.14. The van der Waals surface area contributed by atoms with Crippen LogP contribution in [0.2, 0.25) is 0 Å². The van der Waals surface area contributed by atoms with Gasteiger partial charge < -0.3 is 0 Å². The summed E-state index contributed by atoms with van der Waals surface area (Å²) in [7, 11) is -5.59. The molecule has 0 fully saturated rings. The fourth-order valence-corrected chi connectivity index (χ4v) is 2.72. The SMILES string of the molecule is [O]S(=O)(=O)[SH]1C=CC=C1. The molecule has 0 aliphatic carbocycles. The molecule has 0 aromatic heterocycles. The first-order valence-electron chi connectivity index (χ1n) is 2.20. The molecule has 1 rings (SSSR count). The van der Waals surface area contributed by atoms with E-state index in [2.05, 4.69) is 0 Å². The predicted octanol–water partition coefficient (Wildman–Crippen LogP) is 0.704. The summed E-state index contributed by atoms with van der Waals surface area (Å²) >= 11 is 0. The summed E-state index contributed by atoms with van der Waals surface area (Å²) in [5.74, 6) is 0. The van der Waals surface area contributed by atoms with E-state index in [0.717, 1.165) is 0 Å². The Morgan fingerprint density at radius 1 is 1.11 bits per heavy atom. The highest BCUT2D eigenvalue weighted by atomic mass is 33.2. The van der Waals surface area contributed by atoms with E-state index < -0.39 is 19.1 Å². The molecule has 51 valence electrons. The maximum atomic E-state index is 10.2. The van der Waals surface area contributed by atoms with Crippen LogP contribution < -0.4 is 0 Å². The largest absolute Gasteiger partial charge is 0.336 e. The van der Waals surface area contributed by atoms with Gasteiger partial charge in [-0.2, -0.15) is 8.42 Å². The van der Waals surface area contributed by atoms with Crippen LogP contribution in [0.1, 0.15) is 0 Å². The standard InChI is InChI=1S/C4H5O3S2/c5-9(6,7)8-3-1-2-4-8/h1-4,8H. The third-order valence-electron chi connectivity index (χ3n) is 0.835. The Bertz CT molecular complexity index is 237. The van der Waals surface area contributed by atoms with Crippen LogP contribution in [0.4, 0.5) is 0 Å². The smallest absolute Gasteiger partial charge is 0.186 e. The van der Waals surface area contributed by atoms with Crippen LogP contribution in [0, 0.1) is 0 Å². The highest BCUT2D eigenvalue weighted by Crippen LogP contribution is 2.38. The molecule has 5 heteroatoms. The van der Waals surface area contributed by atoms with E-state index in [1.54, 1.807) is 12.2 Å². The average Bonchev–Trinajstić information content (AvgIpc) is 2.08. The average molecular weight is 165 g/mol. The van der Waals surface area contributed by atoms with Crippen molar-refractivity contribution in [3.8, 4) is 0 Å².